The largest absolute Gasteiger partial charge is 0.307 e. The third kappa shape index (κ3) is 3.14. The van der Waals surface area contributed by atoms with Crippen molar-refractivity contribution in [3.05, 3.63) is 50.4 Å². The fraction of sp³-hybridized carbons (Fsp3) is 0.250. The smallest absolute Gasteiger partial charge is 0.0795 e. The van der Waals surface area contributed by atoms with Crippen LogP contribution in [0.5, 0.6) is 0 Å². The average molecular weight is 297 g/mol. The van der Waals surface area contributed by atoms with Crippen molar-refractivity contribution in [2.45, 2.75) is 20.0 Å². The predicted molar refractivity (Wildman–Crippen MR) is 71.5 cm³/mol. The second-order valence-corrected chi connectivity index (χ2v) is 5.24. The molecule has 0 saturated heterocycles. The number of benzene rings is 1. The summed E-state index contributed by atoms with van der Waals surface area (Å²) in [6.45, 7) is 3.82. The van der Waals surface area contributed by atoms with E-state index in [0.29, 0.717) is 0 Å². The molecule has 1 aromatic heterocycles. The van der Waals surface area contributed by atoms with Gasteiger partial charge in [0.15, 0.2) is 0 Å². The van der Waals surface area contributed by atoms with Crippen LogP contribution in [0.3, 0.4) is 0 Å². The van der Waals surface area contributed by atoms with Crippen LogP contribution < -0.4 is 5.32 Å². The van der Waals surface area contributed by atoms with E-state index in [9.17, 15) is 0 Å². The zero-order valence-corrected chi connectivity index (χ0v) is 11.4. The quantitative estimate of drug-likeness (QED) is 0.934. The molecular weight excluding hydrogens is 284 g/mol. The van der Waals surface area contributed by atoms with Gasteiger partial charge in [0, 0.05) is 22.9 Å². The molecular formula is C12H13BrN2S. The highest BCUT2D eigenvalue weighted by Gasteiger charge is 1.98. The number of rotatable bonds is 4. The number of halogens is 1. The van der Waals surface area contributed by atoms with Crippen molar-refractivity contribution in [3.8, 4) is 0 Å². The van der Waals surface area contributed by atoms with Gasteiger partial charge in [0.25, 0.3) is 0 Å². The molecule has 1 N–H and O–H groups in total. The van der Waals surface area contributed by atoms with E-state index < -0.39 is 0 Å². The average Bonchev–Trinajstić information content (AvgIpc) is 2.76. The standard InChI is InChI=1S/C12H13BrN2S/c1-9-4-10(2-3-12(9)13)5-14-6-11-7-16-8-15-11/h2-4,7-8,14H,5-6H2,1H3. The molecule has 0 amide bonds. The third-order valence-electron chi connectivity index (χ3n) is 2.34. The molecule has 0 bridgehead atoms. The first-order chi connectivity index (χ1) is 7.75. The zero-order valence-electron chi connectivity index (χ0n) is 9.03. The lowest BCUT2D eigenvalue weighted by Gasteiger charge is -2.05. The van der Waals surface area contributed by atoms with Crippen molar-refractivity contribution in [1.82, 2.24) is 10.3 Å². The van der Waals surface area contributed by atoms with Crippen LogP contribution in [0.15, 0.2) is 33.6 Å². The normalized spacial score (nSPS) is 10.6. The second kappa shape index (κ2) is 5.57. The van der Waals surface area contributed by atoms with Crippen LogP contribution in [0.4, 0.5) is 0 Å². The van der Waals surface area contributed by atoms with Crippen LogP contribution in [0.2, 0.25) is 0 Å². The molecule has 84 valence electrons. The van der Waals surface area contributed by atoms with Crippen LogP contribution in [-0.4, -0.2) is 4.98 Å². The highest BCUT2D eigenvalue weighted by Crippen LogP contribution is 2.16. The lowest BCUT2D eigenvalue weighted by atomic mass is 10.1. The fourth-order valence-corrected chi connectivity index (χ4v) is 2.28. The summed E-state index contributed by atoms with van der Waals surface area (Å²) in [6, 6.07) is 6.42. The van der Waals surface area contributed by atoms with E-state index in [0.717, 1.165) is 23.3 Å². The molecule has 0 unspecified atom stereocenters. The van der Waals surface area contributed by atoms with E-state index in [1.807, 2.05) is 5.51 Å². The molecule has 2 aromatic rings. The fourth-order valence-electron chi connectivity index (χ4n) is 1.48. The van der Waals surface area contributed by atoms with Gasteiger partial charge in [-0.15, -0.1) is 11.3 Å². The van der Waals surface area contributed by atoms with Crippen LogP contribution in [0.1, 0.15) is 16.8 Å². The molecule has 1 heterocycles. The summed E-state index contributed by atoms with van der Waals surface area (Å²) in [5.74, 6) is 0. The number of hydrogen-bond acceptors (Lipinski definition) is 3. The monoisotopic (exact) mass is 296 g/mol. The molecule has 4 heteroatoms. The summed E-state index contributed by atoms with van der Waals surface area (Å²) < 4.78 is 1.16. The molecule has 0 aliphatic rings. The van der Waals surface area contributed by atoms with E-state index in [1.54, 1.807) is 11.3 Å². The molecule has 2 rings (SSSR count). The highest BCUT2D eigenvalue weighted by atomic mass is 79.9. The second-order valence-electron chi connectivity index (χ2n) is 3.67. The molecule has 0 radical (unpaired) electrons. The van der Waals surface area contributed by atoms with Gasteiger partial charge >= 0.3 is 0 Å². The number of aryl methyl sites for hydroxylation is 1. The van der Waals surface area contributed by atoms with Gasteiger partial charge in [-0.25, -0.2) is 4.98 Å². The Bertz CT molecular complexity index is 454. The lowest BCUT2D eigenvalue weighted by molar-refractivity contribution is 0.682. The maximum Gasteiger partial charge on any atom is 0.0795 e. The summed E-state index contributed by atoms with van der Waals surface area (Å²) >= 11 is 5.13. The molecule has 0 atom stereocenters. The first-order valence-corrected chi connectivity index (χ1v) is 6.82. The zero-order chi connectivity index (χ0) is 11.4. The van der Waals surface area contributed by atoms with E-state index >= 15 is 0 Å². The van der Waals surface area contributed by atoms with Gasteiger partial charge in [0.1, 0.15) is 0 Å². The van der Waals surface area contributed by atoms with Gasteiger partial charge in [-0.2, -0.15) is 0 Å². The van der Waals surface area contributed by atoms with E-state index in [2.05, 4.69) is 56.7 Å². The van der Waals surface area contributed by atoms with E-state index in [1.165, 1.54) is 11.1 Å². The molecule has 0 aliphatic heterocycles. The maximum absolute atomic E-state index is 4.23. The summed E-state index contributed by atoms with van der Waals surface area (Å²) in [5, 5.41) is 5.45. The van der Waals surface area contributed by atoms with Crippen LogP contribution in [0.25, 0.3) is 0 Å². The van der Waals surface area contributed by atoms with Gasteiger partial charge < -0.3 is 5.32 Å². The van der Waals surface area contributed by atoms with E-state index in [4.69, 9.17) is 0 Å². The Balaban J connectivity index is 1.87. The summed E-state index contributed by atoms with van der Waals surface area (Å²) in [6.07, 6.45) is 0. The van der Waals surface area contributed by atoms with Gasteiger partial charge in [-0.3, -0.25) is 0 Å². The Morgan fingerprint density at radius 2 is 2.25 bits per heavy atom. The van der Waals surface area contributed by atoms with Crippen molar-refractivity contribution >= 4 is 27.3 Å². The number of thiazole rings is 1. The van der Waals surface area contributed by atoms with Gasteiger partial charge in [0.2, 0.25) is 0 Å². The number of aromatic nitrogens is 1. The number of nitrogens with one attached hydrogen (secondary N) is 1. The van der Waals surface area contributed by atoms with Crippen LogP contribution in [-0.2, 0) is 13.1 Å². The molecule has 16 heavy (non-hydrogen) atoms. The maximum atomic E-state index is 4.23. The number of hydrogen-bond donors (Lipinski definition) is 1. The molecule has 0 spiro atoms. The van der Waals surface area contributed by atoms with E-state index in [-0.39, 0.29) is 0 Å². The third-order valence-corrected chi connectivity index (χ3v) is 3.87. The van der Waals surface area contributed by atoms with Gasteiger partial charge in [-0.1, -0.05) is 28.1 Å². The highest BCUT2D eigenvalue weighted by molar-refractivity contribution is 9.10. The van der Waals surface area contributed by atoms with Crippen LogP contribution >= 0.6 is 27.3 Å². The van der Waals surface area contributed by atoms with Crippen molar-refractivity contribution in [2.24, 2.45) is 0 Å². The van der Waals surface area contributed by atoms with Crippen molar-refractivity contribution in [2.75, 3.05) is 0 Å². The summed E-state index contributed by atoms with van der Waals surface area (Å²) in [4.78, 5) is 4.23. The minimum Gasteiger partial charge on any atom is -0.307 e. The topological polar surface area (TPSA) is 24.9 Å². The molecule has 2 nitrogen and oxygen atoms in total. The van der Waals surface area contributed by atoms with Crippen molar-refractivity contribution < 1.29 is 0 Å². The minimum absolute atomic E-state index is 0.832. The SMILES string of the molecule is Cc1cc(CNCc2cscn2)ccc1Br. The Morgan fingerprint density at radius 1 is 1.38 bits per heavy atom. The summed E-state index contributed by atoms with van der Waals surface area (Å²) in [5.41, 5.74) is 5.54. The Morgan fingerprint density at radius 3 is 2.94 bits per heavy atom. The molecule has 1 aromatic carbocycles. The van der Waals surface area contributed by atoms with Crippen molar-refractivity contribution in [3.63, 3.8) is 0 Å². The van der Waals surface area contributed by atoms with Gasteiger partial charge in [0.05, 0.1) is 11.2 Å². The number of nitrogens with zero attached hydrogens (tertiary/aromatic N) is 1. The summed E-state index contributed by atoms with van der Waals surface area (Å²) in [7, 11) is 0. The Hall–Kier alpha value is -0.710. The predicted octanol–water partition coefficient (Wildman–Crippen LogP) is 3.50. The molecule has 0 fully saturated rings. The van der Waals surface area contributed by atoms with Crippen LogP contribution in [0, 0.1) is 6.92 Å². The van der Waals surface area contributed by atoms with Crippen molar-refractivity contribution in [1.29, 1.82) is 0 Å². The first-order valence-electron chi connectivity index (χ1n) is 5.08. The minimum atomic E-state index is 0.832. The first kappa shape index (κ1) is 11.8. The Labute approximate surface area is 108 Å². The van der Waals surface area contributed by atoms with Gasteiger partial charge in [-0.05, 0) is 24.1 Å². The molecule has 0 aliphatic carbocycles. The Kier molecular flexibility index (Phi) is 4.09. The molecule has 0 saturated carbocycles. The lowest BCUT2D eigenvalue weighted by Crippen LogP contribution is -2.12.